The molecule has 0 saturated heterocycles. The minimum absolute atomic E-state index is 0.205. The summed E-state index contributed by atoms with van der Waals surface area (Å²) in [5.41, 5.74) is 1.10. The van der Waals surface area contributed by atoms with E-state index in [9.17, 15) is 4.79 Å². The molecule has 5 heteroatoms. The molecule has 2 N–H and O–H groups in total. The van der Waals surface area contributed by atoms with Crippen LogP contribution in [0.15, 0.2) is 12.7 Å². The molecule has 0 aromatic carbocycles. The van der Waals surface area contributed by atoms with Crippen LogP contribution in [0, 0.1) is 0 Å². The lowest BCUT2D eigenvalue weighted by Gasteiger charge is -2.09. The van der Waals surface area contributed by atoms with Crippen LogP contribution >= 0.6 is 11.3 Å². The molecule has 0 saturated carbocycles. The molecule has 74 valence electrons. The number of nitrogens with one attached hydrogen (secondary N) is 2. The molecule has 0 unspecified atom stereocenters. The van der Waals surface area contributed by atoms with Crippen LogP contribution in [-0.2, 0) is 17.8 Å². The topological polar surface area (TPSA) is 54.0 Å². The van der Waals surface area contributed by atoms with Gasteiger partial charge in [0.1, 0.15) is 0 Å². The number of hydrogen-bond donors (Lipinski definition) is 2. The molecule has 1 amide bonds. The van der Waals surface area contributed by atoms with Crippen LogP contribution in [0.2, 0.25) is 0 Å². The van der Waals surface area contributed by atoms with E-state index in [1.807, 2.05) is 0 Å². The summed E-state index contributed by atoms with van der Waals surface area (Å²) in [5.74, 6) is -0.205. The van der Waals surface area contributed by atoms with E-state index in [0.717, 1.165) is 25.2 Å². The molecule has 0 fully saturated rings. The Bertz CT molecular complexity index is 349. The van der Waals surface area contributed by atoms with Crippen LogP contribution in [-0.4, -0.2) is 17.4 Å². The highest BCUT2D eigenvalue weighted by Crippen LogP contribution is 2.25. The van der Waals surface area contributed by atoms with Gasteiger partial charge in [-0.15, -0.1) is 11.3 Å². The van der Waals surface area contributed by atoms with Crippen molar-refractivity contribution in [2.75, 3.05) is 11.9 Å². The first-order valence-corrected chi connectivity index (χ1v) is 5.24. The Labute approximate surface area is 86.0 Å². The van der Waals surface area contributed by atoms with Crippen molar-refractivity contribution in [2.24, 2.45) is 0 Å². The monoisotopic (exact) mass is 209 g/mol. The molecule has 1 aromatic heterocycles. The fraction of sp³-hybridized carbons (Fsp3) is 0.333. The third-order valence-electron chi connectivity index (χ3n) is 2.02. The minimum Gasteiger partial charge on any atom is -0.311 e. The molecule has 0 atom stereocenters. The van der Waals surface area contributed by atoms with Gasteiger partial charge in [-0.2, -0.15) is 0 Å². The van der Waals surface area contributed by atoms with Crippen molar-refractivity contribution in [2.45, 2.75) is 13.0 Å². The minimum atomic E-state index is -0.205. The molecule has 2 rings (SSSR count). The van der Waals surface area contributed by atoms with Gasteiger partial charge < -0.3 is 5.32 Å². The summed E-state index contributed by atoms with van der Waals surface area (Å²) in [6, 6.07) is 0. The zero-order valence-corrected chi connectivity index (χ0v) is 8.49. The fourth-order valence-electron chi connectivity index (χ4n) is 1.34. The van der Waals surface area contributed by atoms with Crippen molar-refractivity contribution in [3.8, 4) is 0 Å². The summed E-state index contributed by atoms with van der Waals surface area (Å²) in [4.78, 5) is 16.6. The lowest BCUT2D eigenvalue weighted by molar-refractivity contribution is -0.111. The van der Waals surface area contributed by atoms with Crippen molar-refractivity contribution in [1.29, 1.82) is 0 Å². The largest absolute Gasteiger partial charge is 0.311 e. The number of aromatic nitrogens is 1. The number of hydrogen-bond acceptors (Lipinski definition) is 4. The SMILES string of the molecule is C=CC(=O)Nc1nc2c(s1)CNCC2. The second-order valence-corrected chi connectivity index (χ2v) is 4.09. The third kappa shape index (κ3) is 1.83. The summed E-state index contributed by atoms with van der Waals surface area (Å²) >= 11 is 1.53. The highest BCUT2D eigenvalue weighted by Gasteiger charge is 2.14. The Morgan fingerprint density at radius 2 is 2.57 bits per heavy atom. The van der Waals surface area contributed by atoms with Crippen molar-refractivity contribution in [3.05, 3.63) is 23.2 Å². The Morgan fingerprint density at radius 1 is 1.71 bits per heavy atom. The maximum absolute atomic E-state index is 11.0. The summed E-state index contributed by atoms with van der Waals surface area (Å²) in [6.45, 7) is 5.21. The van der Waals surface area contributed by atoms with Crippen molar-refractivity contribution in [3.63, 3.8) is 0 Å². The highest BCUT2D eigenvalue weighted by molar-refractivity contribution is 7.15. The average Bonchev–Trinajstić information content (AvgIpc) is 2.59. The number of rotatable bonds is 2. The predicted octanol–water partition coefficient (Wildman–Crippen LogP) is 0.913. The molecule has 1 aliphatic heterocycles. The van der Waals surface area contributed by atoms with Gasteiger partial charge in [-0.3, -0.25) is 10.1 Å². The number of carbonyl (C=O) groups excluding carboxylic acids is 1. The third-order valence-corrected chi connectivity index (χ3v) is 3.03. The number of thiazole rings is 1. The van der Waals surface area contributed by atoms with E-state index >= 15 is 0 Å². The zero-order chi connectivity index (χ0) is 9.97. The Hall–Kier alpha value is -1.20. The molecule has 1 aliphatic rings. The summed E-state index contributed by atoms with van der Waals surface area (Å²) in [6.07, 6.45) is 2.19. The molecule has 0 radical (unpaired) electrons. The first-order valence-electron chi connectivity index (χ1n) is 4.42. The van der Waals surface area contributed by atoms with Crippen LogP contribution in [0.4, 0.5) is 5.13 Å². The van der Waals surface area contributed by atoms with Crippen LogP contribution in [0.25, 0.3) is 0 Å². The van der Waals surface area contributed by atoms with Gasteiger partial charge in [0, 0.05) is 24.4 Å². The van der Waals surface area contributed by atoms with Gasteiger partial charge in [0.15, 0.2) is 5.13 Å². The fourth-order valence-corrected chi connectivity index (χ4v) is 2.32. The van der Waals surface area contributed by atoms with Gasteiger partial charge in [0.25, 0.3) is 0 Å². The van der Waals surface area contributed by atoms with E-state index in [-0.39, 0.29) is 5.91 Å². The standard InChI is InChI=1S/C9H11N3OS/c1-2-8(13)12-9-11-6-3-4-10-5-7(6)14-9/h2,10H,1,3-5H2,(H,11,12,13). The summed E-state index contributed by atoms with van der Waals surface area (Å²) in [5, 5.41) is 6.60. The number of carbonyl (C=O) groups is 1. The van der Waals surface area contributed by atoms with E-state index in [4.69, 9.17) is 0 Å². The highest BCUT2D eigenvalue weighted by atomic mass is 32.1. The first kappa shape index (κ1) is 9.36. The number of anilines is 1. The molecule has 0 spiro atoms. The van der Waals surface area contributed by atoms with Crippen molar-refractivity contribution < 1.29 is 4.79 Å². The number of amides is 1. The smallest absolute Gasteiger partial charge is 0.249 e. The Morgan fingerprint density at radius 3 is 3.29 bits per heavy atom. The van der Waals surface area contributed by atoms with Crippen molar-refractivity contribution in [1.82, 2.24) is 10.3 Å². The quantitative estimate of drug-likeness (QED) is 0.712. The maximum Gasteiger partial charge on any atom is 0.249 e. The summed E-state index contributed by atoms with van der Waals surface area (Å²) < 4.78 is 0. The van der Waals surface area contributed by atoms with Gasteiger partial charge in [-0.05, 0) is 6.08 Å². The molecule has 0 aliphatic carbocycles. The predicted molar refractivity (Wildman–Crippen MR) is 56.4 cm³/mol. The lowest BCUT2D eigenvalue weighted by Crippen LogP contribution is -2.22. The molecule has 4 nitrogen and oxygen atoms in total. The van der Waals surface area contributed by atoms with Crippen LogP contribution in [0.1, 0.15) is 10.6 Å². The normalized spacial score (nSPS) is 14.6. The van der Waals surface area contributed by atoms with E-state index in [1.54, 1.807) is 0 Å². The van der Waals surface area contributed by atoms with Crippen LogP contribution in [0.3, 0.4) is 0 Å². The van der Waals surface area contributed by atoms with Gasteiger partial charge in [0.2, 0.25) is 5.91 Å². The second-order valence-electron chi connectivity index (χ2n) is 3.01. The van der Waals surface area contributed by atoms with E-state index < -0.39 is 0 Å². The number of fused-ring (bicyclic) bond motifs is 1. The van der Waals surface area contributed by atoms with E-state index in [2.05, 4.69) is 22.2 Å². The first-order chi connectivity index (χ1) is 6.79. The van der Waals surface area contributed by atoms with Gasteiger partial charge in [0.05, 0.1) is 5.69 Å². The molecular formula is C9H11N3OS. The van der Waals surface area contributed by atoms with Gasteiger partial charge >= 0.3 is 0 Å². The lowest BCUT2D eigenvalue weighted by atomic mass is 10.2. The molecular weight excluding hydrogens is 198 g/mol. The maximum atomic E-state index is 11.0. The molecule has 2 heterocycles. The molecule has 1 aromatic rings. The zero-order valence-electron chi connectivity index (χ0n) is 7.67. The van der Waals surface area contributed by atoms with Crippen molar-refractivity contribution >= 4 is 22.4 Å². The van der Waals surface area contributed by atoms with Gasteiger partial charge in [-0.1, -0.05) is 6.58 Å². The van der Waals surface area contributed by atoms with E-state index in [0.29, 0.717) is 5.13 Å². The number of nitrogens with zero attached hydrogens (tertiary/aromatic N) is 1. The Kier molecular flexibility index (Phi) is 2.60. The molecule has 14 heavy (non-hydrogen) atoms. The average molecular weight is 209 g/mol. The van der Waals surface area contributed by atoms with E-state index in [1.165, 1.54) is 22.3 Å². The van der Waals surface area contributed by atoms with Crippen LogP contribution < -0.4 is 10.6 Å². The Balaban J connectivity index is 2.16. The summed E-state index contributed by atoms with van der Waals surface area (Å²) in [7, 11) is 0. The molecule has 0 bridgehead atoms. The van der Waals surface area contributed by atoms with Crippen LogP contribution in [0.5, 0.6) is 0 Å². The van der Waals surface area contributed by atoms with Gasteiger partial charge in [-0.25, -0.2) is 4.98 Å². The second kappa shape index (κ2) is 3.89.